The fraction of sp³-hybridized carbons (Fsp3) is 0.0625. The summed E-state index contributed by atoms with van der Waals surface area (Å²) in [6.07, 6.45) is 4.74. The van der Waals surface area contributed by atoms with Crippen molar-refractivity contribution in [2.45, 2.75) is 4.90 Å². The van der Waals surface area contributed by atoms with Crippen molar-refractivity contribution in [3.05, 3.63) is 54.9 Å². The van der Waals surface area contributed by atoms with Crippen LogP contribution in [0.3, 0.4) is 0 Å². The molecular formula is C16H13N5O2S. The molecule has 0 aliphatic rings. The van der Waals surface area contributed by atoms with Gasteiger partial charge in [-0.1, -0.05) is 11.3 Å². The SMILES string of the molecule is CS(=O)(=O)c1ccc(-n2cc(-c3ccc4[nH]ncc4c3)nn2)cc1. The number of nitrogens with one attached hydrogen (secondary N) is 1. The number of hydrogen-bond donors (Lipinski definition) is 1. The molecular weight excluding hydrogens is 326 g/mol. The van der Waals surface area contributed by atoms with E-state index in [-0.39, 0.29) is 4.90 Å². The average molecular weight is 339 g/mol. The van der Waals surface area contributed by atoms with Gasteiger partial charge in [0.25, 0.3) is 0 Å². The lowest BCUT2D eigenvalue weighted by molar-refractivity contribution is 0.602. The number of fused-ring (bicyclic) bond motifs is 1. The molecule has 0 aliphatic heterocycles. The Kier molecular flexibility index (Phi) is 3.20. The number of nitrogens with zero attached hydrogens (tertiary/aromatic N) is 4. The van der Waals surface area contributed by atoms with Crippen LogP contribution in [0, 0.1) is 0 Å². The Morgan fingerprint density at radius 2 is 1.88 bits per heavy atom. The van der Waals surface area contributed by atoms with Crippen LogP contribution in [0.2, 0.25) is 0 Å². The monoisotopic (exact) mass is 339 g/mol. The third-order valence-corrected chi connectivity index (χ3v) is 4.89. The molecule has 8 heteroatoms. The second-order valence-electron chi connectivity index (χ2n) is 5.49. The lowest BCUT2D eigenvalue weighted by atomic mass is 10.1. The fourth-order valence-corrected chi connectivity index (χ4v) is 3.10. The molecule has 24 heavy (non-hydrogen) atoms. The topological polar surface area (TPSA) is 93.5 Å². The molecule has 1 N–H and O–H groups in total. The predicted molar refractivity (Wildman–Crippen MR) is 89.6 cm³/mol. The van der Waals surface area contributed by atoms with Gasteiger partial charge < -0.3 is 0 Å². The van der Waals surface area contributed by atoms with Crippen LogP contribution in [0.15, 0.2) is 59.8 Å². The lowest BCUT2D eigenvalue weighted by Gasteiger charge is -2.02. The van der Waals surface area contributed by atoms with Gasteiger partial charge in [0, 0.05) is 17.2 Å². The molecule has 4 rings (SSSR count). The van der Waals surface area contributed by atoms with Crippen molar-refractivity contribution in [1.82, 2.24) is 25.2 Å². The second-order valence-corrected chi connectivity index (χ2v) is 7.50. The first-order valence-corrected chi connectivity index (χ1v) is 9.06. The quantitative estimate of drug-likeness (QED) is 0.618. The van der Waals surface area contributed by atoms with E-state index in [0.29, 0.717) is 0 Å². The molecule has 0 saturated heterocycles. The number of benzene rings is 2. The van der Waals surface area contributed by atoms with Gasteiger partial charge in [0.05, 0.1) is 28.5 Å². The van der Waals surface area contributed by atoms with Crippen LogP contribution >= 0.6 is 0 Å². The molecule has 0 fully saturated rings. The highest BCUT2D eigenvalue weighted by Gasteiger charge is 2.09. The molecule has 0 saturated carbocycles. The van der Waals surface area contributed by atoms with Gasteiger partial charge in [0.15, 0.2) is 9.84 Å². The minimum absolute atomic E-state index is 0.275. The Morgan fingerprint density at radius 3 is 2.62 bits per heavy atom. The smallest absolute Gasteiger partial charge is 0.175 e. The molecule has 0 unspecified atom stereocenters. The maximum atomic E-state index is 11.5. The van der Waals surface area contributed by atoms with Gasteiger partial charge in [0.2, 0.25) is 0 Å². The molecule has 0 atom stereocenters. The first-order chi connectivity index (χ1) is 11.5. The molecule has 4 aromatic rings. The molecule has 0 bridgehead atoms. The van der Waals surface area contributed by atoms with Crippen LogP contribution < -0.4 is 0 Å². The fourth-order valence-electron chi connectivity index (χ4n) is 2.47. The molecule has 2 heterocycles. The normalized spacial score (nSPS) is 11.9. The van der Waals surface area contributed by atoms with Crippen LogP contribution in [0.25, 0.3) is 27.8 Å². The summed E-state index contributed by atoms with van der Waals surface area (Å²) in [5.41, 5.74) is 3.36. The lowest BCUT2D eigenvalue weighted by Crippen LogP contribution is -1.99. The zero-order valence-corrected chi connectivity index (χ0v) is 13.5. The van der Waals surface area contributed by atoms with Crippen molar-refractivity contribution in [1.29, 1.82) is 0 Å². The Labute approximate surface area is 137 Å². The van der Waals surface area contributed by atoms with E-state index in [2.05, 4.69) is 20.5 Å². The number of aromatic amines is 1. The van der Waals surface area contributed by atoms with Gasteiger partial charge in [-0.3, -0.25) is 5.10 Å². The van der Waals surface area contributed by atoms with Crippen molar-refractivity contribution in [3.8, 4) is 16.9 Å². The van der Waals surface area contributed by atoms with E-state index in [4.69, 9.17) is 0 Å². The first-order valence-electron chi connectivity index (χ1n) is 7.17. The molecule has 0 spiro atoms. The predicted octanol–water partition coefficient (Wildman–Crippen LogP) is 2.21. The van der Waals surface area contributed by atoms with Gasteiger partial charge in [-0.2, -0.15) is 5.10 Å². The van der Waals surface area contributed by atoms with Crippen molar-refractivity contribution >= 4 is 20.7 Å². The largest absolute Gasteiger partial charge is 0.278 e. The van der Waals surface area contributed by atoms with E-state index in [9.17, 15) is 8.42 Å². The van der Waals surface area contributed by atoms with Gasteiger partial charge in [-0.15, -0.1) is 5.10 Å². The molecule has 120 valence electrons. The van der Waals surface area contributed by atoms with Gasteiger partial charge in [-0.25, -0.2) is 13.1 Å². The summed E-state index contributed by atoms with van der Waals surface area (Å²) in [7, 11) is -3.21. The van der Waals surface area contributed by atoms with E-state index in [1.54, 1.807) is 41.3 Å². The number of rotatable bonds is 3. The number of H-pyrrole nitrogens is 1. The standard InChI is InChI=1S/C16H13N5O2S/c1-24(22,23)14-5-3-13(4-6-14)21-10-16(19-20-21)11-2-7-15-12(8-11)9-17-18-15/h2-10H,1H3,(H,17,18). The van der Waals surface area contributed by atoms with E-state index >= 15 is 0 Å². The van der Waals surface area contributed by atoms with Crippen molar-refractivity contribution < 1.29 is 8.42 Å². The highest BCUT2D eigenvalue weighted by atomic mass is 32.2. The van der Waals surface area contributed by atoms with Gasteiger partial charge >= 0.3 is 0 Å². The van der Waals surface area contributed by atoms with E-state index in [0.717, 1.165) is 27.8 Å². The first kappa shape index (κ1) is 14.6. The summed E-state index contributed by atoms with van der Waals surface area (Å²) in [5.74, 6) is 0. The maximum Gasteiger partial charge on any atom is 0.175 e. The third-order valence-electron chi connectivity index (χ3n) is 3.76. The summed E-state index contributed by atoms with van der Waals surface area (Å²) in [6, 6.07) is 12.4. The number of aromatic nitrogens is 5. The maximum absolute atomic E-state index is 11.5. The van der Waals surface area contributed by atoms with E-state index < -0.39 is 9.84 Å². The van der Waals surface area contributed by atoms with Crippen LogP contribution in [-0.2, 0) is 9.84 Å². The molecule has 0 radical (unpaired) electrons. The minimum atomic E-state index is -3.21. The molecule has 0 amide bonds. The Morgan fingerprint density at radius 1 is 1.08 bits per heavy atom. The summed E-state index contributed by atoms with van der Waals surface area (Å²) >= 11 is 0. The summed E-state index contributed by atoms with van der Waals surface area (Å²) in [6.45, 7) is 0. The Balaban J connectivity index is 1.69. The Bertz CT molecular complexity index is 1130. The van der Waals surface area contributed by atoms with Crippen LogP contribution in [0.4, 0.5) is 0 Å². The van der Waals surface area contributed by atoms with Gasteiger partial charge in [0.1, 0.15) is 5.69 Å². The average Bonchev–Trinajstić information content (AvgIpc) is 3.22. The van der Waals surface area contributed by atoms with Crippen LogP contribution in [0.5, 0.6) is 0 Å². The summed E-state index contributed by atoms with van der Waals surface area (Å²) in [5, 5.41) is 16.2. The molecule has 2 aromatic carbocycles. The van der Waals surface area contributed by atoms with Crippen LogP contribution in [-0.4, -0.2) is 39.9 Å². The second kappa shape index (κ2) is 5.27. The van der Waals surface area contributed by atoms with Gasteiger partial charge in [-0.05, 0) is 36.4 Å². The summed E-state index contributed by atoms with van der Waals surface area (Å²) in [4.78, 5) is 0.275. The highest BCUT2D eigenvalue weighted by Crippen LogP contribution is 2.22. The van der Waals surface area contributed by atoms with Crippen LogP contribution in [0.1, 0.15) is 0 Å². The molecule has 0 aliphatic carbocycles. The third kappa shape index (κ3) is 2.56. The van der Waals surface area contributed by atoms with Crippen molar-refractivity contribution in [3.63, 3.8) is 0 Å². The zero-order chi connectivity index (χ0) is 16.7. The minimum Gasteiger partial charge on any atom is -0.278 e. The molecule has 7 nitrogen and oxygen atoms in total. The zero-order valence-electron chi connectivity index (χ0n) is 12.7. The van der Waals surface area contributed by atoms with E-state index in [1.807, 2.05) is 18.2 Å². The van der Waals surface area contributed by atoms with Crippen molar-refractivity contribution in [2.75, 3.05) is 6.26 Å². The number of hydrogen-bond acceptors (Lipinski definition) is 5. The van der Waals surface area contributed by atoms with E-state index in [1.165, 1.54) is 6.26 Å². The highest BCUT2D eigenvalue weighted by molar-refractivity contribution is 7.90. The Hall–Kier alpha value is -3.00. The van der Waals surface area contributed by atoms with Crippen molar-refractivity contribution in [2.24, 2.45) is 0 Å². The number of sulfone groups is 1. The molecule has 2 aromatic heterocycles. The summed E-state index contributed by atoms with van der Waals surface area (Å²) < 4.78 is 24.6.